The Hall–Kier alpha value is -2.33. The molecule has 3 rings (SSSR count). The van der Waals surface area contributed by atoms with E-state index in [1.54, 1.807) is 7.11 Å². The normalized spacial score (nSPS) is 16.2. The average molecular weight is 339 g/mol. The Kier molecular flexibility index (Phi) is 5.39. The van der Waals surface area contributed by atoms with Gasteiger partial charge in [-0.1, -0.05) is 18.2 Å². The Morgan fingerprint density at radius 3 is 2.88 bits per heavy atom. The van der Waals surface area contributed by atoms with Crippen LogP contribution in [-0.2, 0) is 17.8 Å². The molecular weight excluding hydrogens is 314 g/mol. The molecule has 2 N–H and O–H groups in total. The van der Waals surface area contributed by atoms with E-state index in [1.807, 2.05) is 31.2 Å². The molecule has 132 valence electrons. The number of nitrogens with one attached hydrogen (secondary N) is 1. The van der Waals surface area contributed by atoms with E-state index < -0.39 is 0 Å². The summed E-state index contributed by atoms with van der Waals surface area (Å²) in [7, 11) is 1.68. The average Bonchev–Trinajstić information content (AvgIpc) is 2.63. The van der Waals surface area contributed by atoms with E-state index in [4.69, 9.17) is 4.74 Å². The number of aryl methyl sites for hydroxylation is 2. The molecule has 2 aromatic rings. The van der Waals surface area contributed by atoms with Gasteiger partial charge >= 0.3 is 0 Å². The first-order valence-corrected chi connectivity index (χ1v) is 8.77. The minimum absolute atomic E-state index is 0.0202. The van der Waals surface area contributed by atoms with Gasteiger partial charge in [-0.25, -0.2) is 0 Å². The van der Waals surface area contributed by atoms with Crippen LogP contribution in [0, 0.1) is 6.92 Å². The van der Waals surface area contributed by atoms with Gasteiger partial charge in [0, 0.05) is 12.1 Å². The molecule has 1 unspecified atom stereocenters. The van der Waals surface area contributed by atoms with Gasteiger partial charge in [0.05, 0.1) is 13.7 Å². The Labute approximate surface area is 148 Å². The molecule has 4 nitrogen and oxygen atoms in total. The summed E-state index contributed by atoms with van der Waals surface area (Å²) in [4.78, 5) is 12.6. The van der Waals surface area contributed by atoms with Crippen LogP contribution in [0.15, 0.2) is 36.4 Å². The molecule has 0 heterocycles. The summed E-state index contributed by atoms with van der Waals surface area (Å²) in [6, 6.07) is 11.8. The van der Waals surface area contributed by atoms with E-state index in [2.05, 4.69) is 17.4 Å². The van der Waals surface area contributed by atoms with Gasteiger partial charge in [-0.15, -0.1) is 0 Å². The van der Waals surface area contributed by atoms with Crippen LogP contribution < -0.4 is 10.1 Å². The monoisotopic (exact) mass is 339 g/mol. The second-order valence-corrected chi connectivity index (χ2v) is 6.71. The molecule has 0 saturated carbocycles. The highest BCUT2D eigenvalue weighted by molar-refractivity contribution is 5.92. The summed E-state index contributed by atoms with van der Waals surface area (Å²) in [5, 5.41) is 12.3. The van der Waals surface area contributed by atoms with E-state index in [1.165, 1.54) is 11.1 Å². The first kappa shape index (κ1) is 17.5. The third-order valence-corrected chi connectivity index (χ3v) is 4.98. The predicted octanol–water partition coefficient (Wildman–Crippen LogP) is 3.94. The van der Waals surface area contributed by atoms with Crippen LogP contribution in [0.2, 0.25) is 0 Å². The van der Waals surface area contributed by atoms with Gasteiger partial charge in [-0.3, -0.25) is 4.79 Å². The van der Waals surface area contributed by atoms with Crippen LogP contribution in [0.1, 0.15) is 47.4 Å². The lowest BCUT2D eigenvalue weighted by atomic mass is 9.81. The topological polar surface area (TPSA) is 58.6 Å². The van der Waals surface area contributed by atoms with E-state index in [0.29, 0.717) is 6.42 Å². The van der Waals surface area contributed by atoms with Gasteiger partial charge in [0.2, 0.25) is 5.91 Å². The fourth-order valence-corrected chi connectivity index (χ4v) is 3.56. The van der Waals surface area contributed by atoms with Crippen molar-refractivity contribution in [2.24, 2.45) is 0 Å². The summed E-state index contributed by atoms with van der Waals surface area (Å²) < 4.78 is 5.31. The van der Waals surface area contributed by atoms with Crippen molar-refractivity contribution in [3.63, 3.8) is 0 Å². The Bertz CT molecular complexity index is 770. The Morgan fingerprint density at radius 2 is 2.12 bits per heavy atom. The zero-order valence-electron chi connectivity index (χ0n) is 14.8. The molecule has 1 atom stereocenters. The number of hydrogen-bond acceptors (Lipinski definition) is 3. The fraction of sp³-hybridized carbons (Fsp3) is 0.381. The number of fused-ring (bicyclic) bond motifs is 1. The summed E-state index contributed by atoms with van der Waals surface area (Å²) in [5.41, 5.74) is 5.14. The third-order valence-electron chi connectivity index (χ3n) is 4.98. The van der Waals surface area contributed by atoms with Gasteiger partial charge < -0.3 is 15.2 Å². The summed E-state index contributed by atoms with van der Waals surface area (Å²) in [5.74, 6) is 1.14. The first-order chi connectivity index (χ1) is 12.1. The number of amides is 1. The van der Waals surface area contributed by atoms with Gasteiger partial charge in [0.1, 0.15) is 5.75 Å². The van der Waals surface area contributed by atoms with Gasteiger partial charge in [-0.05, 0) is 72.6 Å². The summed E-state index contributed by atoms with van der Waals surface area (Å²) >= 11 is 0. The number of carbonyl (C=O) groups is 1. The van der Waals surface area contributed by atoms with E-state index in [0.717, 1.165) is 41.8 Å². The van der Waals surface area contributed by atoms with Crippen LogP contribution in [0.5, 0.6) is 5.75 Å². The Morgan fingerprint density at radius 1 is 1.28 bits per heavy atom. The van der Waals surface area contributed by atoms with Crippen LogP contribution in [0.3, 0.4) is 0 Å². The molecule has 0 aromatic heterocycles. The standard InChI is InChI=1S/C21H25NO3/c1-14-6-7-15(13-23)10-20(14)22-21(24)12-17-5-3-4-16-11-18(25-2)8-9-19(16)17/h6-11,17,23H,3-5,12-13H2,1-2H3,(H,22,24). The molecule has 0 spiro atoms. The van der Waals surface area contributed by atoms with Crippen molar-refractivity contribution < 1.29 is 14.6 Å². The van der Waals surface area contributed by atoms with Crippen LogP contribution in [0.4, 0.5) is 5.69 Å². The number of hydrogen-bond donors (Lipinski definition) is 2. The predicted molar refractivity (Wildman–Crippen MR) is 99.0 cm³/mol. The third kappa shape index (κ3) is 4.02. The van der Waals surface area contributed by atoms with Crippen molar-refractivity contribution in [3.05, 3.63) is 58.7 Å². The highest BCUT2D eigenvalue weighted by Crippen LogP contribution is 2.36. The molecule has 0 fully saturated rings. The maximum absolute atomic E-state index is 12.6. The summed E-state index contributed by atoms with van der Waals surface area (Å²) in [6.07, 6.45) is 3.64. The van der Waals surface area contributed by atoms with E-state index in [9.17, 15) is 9.90 Å². The number of rotatable bonds is 5. The molecule has 1 amide bonds. The molecule has 4 heteroatoms. The molecule has 0 bridgehead atoms. The van der Waals surface area contributed by atoms with E-state index in [-0.39, 0.29) is 18.4 Å². The highest BCUT2D eigenvalue weighted by atomic mass is 16.5. The quantitative estimate of drug-likeness (QED) is 0.867. The van der Waals surface area contributed by atoms with Crippen molar-refractivity contribution in [3.8, 4) is 5.75 Å². The number of anilines is 1. The van der Waals surface area contributed by atoms with Crippen molar-refractivity contribution in [2.45, 2.75) is 45.1 Å². The number of carbonyl (C=O) groups excluding carboxylic acids is 1. The maximum Gasteiger partial charge on any atom is 0.224 e. The number of methoxy groups -OCH3 is 1. The van der Waals surface area contributed by atoms with Crippen molar-refractivity contribution in [1.29, 1.82) is 0 Å². The van der Waals surface area contributed by atoms with E-state index >= 15 is 0 Å². The van der Waals surface area contributed by atoms with Crippen molar-refractivity contribution in [2.75, 3.05) is 12.4 Å². The van der Waals surface area contributed by atoms with Gasteiger partial charge in [0.15, 0.2) is 0 Å². The second kappa shape index (κ2) is 7.70. The smallest absolute Gasteiger partial charge is 0.224 e. The lowest BCUT2D eigenvalue weighted by Gasteiger charge is -2.25. The summed E-state index contributed by atoms with van der Waals surface area (Å²) in [6.45, 7) is 1.93. The zero-order chi connectivity index (χ0) is 17.8. The highest BCUT2D eigenvalue weighted by Gasteiger charge is 2.23. The lowest BCUT2D eigenvalue weighted by Crippen LogP contribution is -2.19. The first-order valence-electron chi connectivity index (χ1n) is 8.77. The minimum atomic E-state index is -0.0268. The molecule has 2 aromatic carbocycles. The molecule has 0 saturated heterocycles. The number of aliphatic hydroxyl groups excluding tert-OH is 1. The number of ether oxygens (including phenoxy) is 1. The zero-order valence-corrected chi connectivity index (χ0v) is 14.8. The van der Waals surface area contributed by atoms with Crippen molar-refractivity contribution >= 4 is 11.6 Å². The molecule has 25 heavy (non-hydrogen) atoms. The van der Waals surface area contributed by atoms with Crippen molar-refractivity contribution in [1.82, 2.24) is 0 Å². The molecular formula is C21H25NO3. The Balaban J connectivity index is 1.72. The number of aliphatic hydroxyl groups is 1. The van der Waals surface area contributed by atoms with Crippen LogP contribution >= 0.6 is 0 Å². The molecule has 0 aliphatic heterocycles. The second-order valence-electron chi connectivity index (χ2n) is 6.71. The minimum Gasteiger partial charge on any atom is -0.497 e. The van der Waals surface area contributed by atoms with Gasteiger partial charge in [-0.2, -0.15) is 0 Å². The number of benzene rings is 2. The molecule has 1 aliphatic carbocycles. The largest absolute Gasteiger partial charge is 0.497 e. The van der Waals surface area contributed by atoms with Crippen LogP contribution in [-0.4, -0.2) is 18.1 Å². The lowest BCUT2D eigenvalue weighted by molar-refractivity contribution is -0.116. The maximum atomic E-state index is 12.6. The molecule has 1 aliphatic rings. The SMILES string of the molecule is COc1ccc2c(c1)CCCC2CC(=O)Nc1cc(CO)ccc1C. The molecule has 0 radical (unpaired) electrons. The van der Waals surface area contributed by atoms with Crippen LogP contribution in [0.25, 0.3) is 0 Å². The van der Waals surface area contributed by atoms with Gasteiger partial charge in [0.25, 0.3) is 0 Å². The fourth-order valence-electron chi connectivity index (χ4n) is 3.56.